The first-order valence-corrected chi connectivity index (χ1v) is 16.5. The van der Waals surface area contributed by atoms with Crippen molar-refractivity contribution in [3.8, 4) is 50.9 Å². The third-order valence-corrected chi connectivity index (χ3v) is 8.48. The number of hydrogen-bond donors (Lipinski definition) is 0. The summed E-state index contributed by atoms with van der Waals surface area (Å²) in [5.41, 5.74) is -12.2. The van der Waals surface area contributed by atoms with E-state index >= 15 is 0 Å². The van der Waals surface area contributed by atoms with Crippen molar-refractivity contribution in [2.24, 2.45) is 0 Å². The van der Waals surface area contributed by atoms with Crippen LogP contribution in [0.5, 0.6) is 11.5 Å². The molecule has 0 aliphatic heterocycles. The van der Waals surface area contributed by atoms with Crippen LogP contribution >= 0.6 is 0 Å². The number of fused-ring (bicyclic) bond motifs is 4. The summed E-state index contributed by atoms with van der Waals surface area (Å²) >= 11 is 0. The van der Waals surface area contributed by atoms with Gasteiger partial charge in [0.1, 0.15) is 17.3 Å². The second-order valence-electron chi connectivity index (χ2n) is 12.2. The van der Waals surface area contributed by atoms with Gasteiger partial charge in [-0.1, -0.05) is 148 Å². The number of imidazole rings is 1. The maximum Gasteiger partial charge on any atom is 0.269 e. The molecule has 7 aromatic carbocycles. The van der Waals surface area contributed by atoms with Crippen molar-refractivity contribution >= 4 is 32.8 Å². The highest BCUT2D eigenvalue weighted by Gasteiger charge is 2.21. The van der Waals surface area contributed by atoms with E-state index in [1.54, 1.807) is 0 Å². The minimum Gasteiger partial charge on any atom is -0.458 e. The van der Waals surface area contributed by atoms with Gasteiger partial charge in [0, 0.05) is 31.2 Å². The fraction of sp³-hybridized carbons (Fsp3) is 0.0769. The average molecular weight is 772 g/mol. The molecule has 0 saturated heterocycles. The first-order valence-electron chi connectivity index (χ1n) is 34.0. The highest BCUT2D eigenvalue weighted by molar-refractivity contribution is 6.09. The molecule has 0 fully saturated rings. The Morgan fingerprint density at radius 1 is 0.632 bits per heavy atom. The summed E-state index contributed by atoms with van der Waals surface area (Å²) in [7, 11) is 0. The molecule has 0 spiro atoms. The van der Waals surface area contributed by atoms with Crippen LogP contribution in [0, 0.1) is 6.33 Å². The van der Waals surface area contributed by atoms with Crippen LogP contribution in [0.15, 0.2) is 187 Å². The molecule has 10 aromatic rings. The molecule has 0 saturated carbocycles. The summed E-state index contributed by atoms with van der Waals surface area (Å²) in [5, 5.41) is -1.05. The summed E-state index contributed by atoms with van der Waals surface area (Å²) in [6.45, 7) is -6.38. The lowest BCUT2D eigenvalue weighted by atomic mass is 9.88. The third kappa shape index (κ3) is 6.14. The SMILES string of the molecule is [2H]c1nc(-n2c3cc(Oc4cc(-n5[c-][n+](-c6c(-c7c([2H])c([2H])c([2H])c([2H])c7[2H])c([2H])c([2H])c([2H])c6-c6c([2H])c([2H])c([2H])c([2H])c6[2H])c6c([2H])c([2H])c([2H])c([2H])c65)c([2H])c([2H])c4[2H])c([2H])c([2H])c3c3c([2H])c([2H])c([2H])c([2H])c32)c([2H])c(C(C)(C([2H])([2H])[2H])C([2H])([2H])[2H])c1[2H]. The Bertz CT molecular complexity index is 4840. The van der Waals surface area contributed by atoms with Gasteiger partial charge in [0.2, 0.25) is 0 Å². The Labute approximate surface area is 381 Å². The number of para-hydroxylation sites is 4. The Hall–Kier alpha value is -7.24. The molecular weight excluding hydrogens is 697 g/mol. The smallest absolute Gasteiger partial charge is 0.269 e. The van der Waals surface area contributed by atoms with Crippen molar-refractivity contribution in [1.29, 1.82) is 0 Å². The molecule has 0 radical (unpaired) electrons. The highest BCUT2D eigenvalue weighted by atomic mass is 16.5. The predicted molar refractivity (Wildman–Crippen MR) is 232 cm³/mol. The quantitative estimate of drug-likeness (QED) is 0.119. The Balaban J connectivity index is 1.34. The van der Waals surface area contributed by atoms with Gasteiger partial charge in [-0.15, -0.1) is 0 Å². The Morgan fingerprint density at radius 2 is 1.28 bits per heavy atom. The van der Waals surface area contributed by atoms with Gasteiger partial charge in [0.15, 0.2) is 0 Å². The summed E-state index contributed by atoms with van der Waals surface area (Å²) < 4.78 is 318. The number of benzene rings is 7. The van der Waals surface area contributed by atoms with E-state index in [9.17, 15) is 11.0 Å². The van der Waals surface area contributed by atoms with Crippen molar-refractivity contribution in [2.45, 2.75) is 26.0 Å². The van der Waals surface area contributed by atoms with Gasteiger partial charge in [-0.25, -0.2) is 4.98 Å². The number of nitrogens with zero attached hydrogens (tertiary/aromatic N) is 4. The summed E-state index contributed by atoms with van der Waals surface area (Å²) in [5.74, 6) is -2.61. The van der Waals surface area contributed by atoms with Crippen molar-refractivity contribution in [3.05, 3.63) is 199 Å². The number of aromatic nitrogens is 4. The lowest BCUT2D eigenvalue weighted by Crippen LogP contribution is -2.31. The monoisotopic (exact) mass is 772 g/mol. The molecule has 0 bridgehead atoms. The van der Waals surface area contributed by atoms with Crippen LogP contribution in [0.25, 0.3) is 72.3 Å². The second-order valence-corrected chi connectivity index (χ2v) is 12.2. The molecule has 5 heteroatoms. The maximum atomic E-state index is 9.43. The van der Waals surface area contributed by atoms with E-state index in [-0.39, 0.29) is 0 Å². The molecule has 0 aliphatic carbocycles. The Kier molecular flexibility index (Phi) is 3.26. The Morgan fingerprint density at radius 3 is 2.04 bits per heavy atom. The average Bonchev–Trinajstić information content (AvgIpc) is 1.44. The fourth-order valence-electron chi connectivity index (χ4n) is 6.04. The molecule has 0 atom stereocenters. The minimum absolute atomic E-state index is 0.513. The van der Waals surface area contributed by atoms with Crippen molar-refractivity contribution in [1.82, 2.24) is 14.1 Å². The van der Waals surface area contributed by atoms with Gasteiger partial charge in [0.25, 0.3) is 6.33 Å². The molecule has 57 heavy (non-hydrogen) atoms. The predicted octanol–water partition coefficient (Wildman–Crippen LogP) is 12.6. The lowest BCUT2D eigenvalue weighted by molar-refractivity contribution is -0.571. The van der Waals surface area contributed by atoms with Gasteiger partial charge < -0.3 is 4.74 Å². The van der Waals surface area contributed by atoms with Crippen LogP contribution < -0.4 is 9.30 Å². The van der Waals surface area contributed by atoms with E-state index in [4.69, 9.17) is 41.7 Å². The summed E-state index contributed by atoms with van der Waals surface area (Å²) in [4.78, 5) is 4.03. The first kappa shape index (κ1) is 13.5. The number of hydrogen-bond acceptors (Lipinski definition) is 2. The normalized spacial score (nSPS) is 20.9. The molecular formula is C52H40N4O. The maximum absolute atomic E-state index is 9.43. The van der Waals surface area contributed by atoms with Crippen LogP contribution in [0.1, 0.15) is 74.2 Å². The molecule has 10 rings (SSSR count). The van der Waals surface area contributed by atoms with E-state index in [0.717, 1.165) is 16.7 Å². The summed E-state index contributed by atoms with van der Waals surface area (Å²) in [6, 6.07) is -26.9. The van der Waals surface area contributed by atoms with Crippen LogP contribution in [-0.2, 0) is 5.41 Å². The molecule has 0 amide bonds. The molecule has 0 aliphatic rings. The van der Waals surface area contributed by atoms with Crippen LogP contribution in [-0.4, -0.2) is 14.1 Å². The van der Waals surface area contributed by atoms with Crippen LogP contribution in [0.2, 0.25) is 0 Å². The number of ether oxygens (including phenoxy) is 1. The molecule has 0 N–H and O–H groups in total. The zero-order chi connectivity index (χ0) is 68.7. The topological polar surface area (TPSA) is 35.9 Å². The number of pyridine rings is 1. The summed E-state index contributed by atoms with van der Waals surface area (Å²) in [6.07, 6.45) is 1.53. The van der Waals surface area contributed by atoms with E-state index in [2.05, 4.69) is 11.3 Å². The molecule has 5 nitrogen and oxygen atoms in total. The fourth-order valence-corrected chi connectivity index (χ4v) is 6.04. The van der Waals surface area contributed by atoms with E-state index < -0.39 is 284 Å². The van der Waals surface area contributed by atoms with Crippen LogP contribution in [0.4, 0.5) is 0 Å². The van der Waals surface area contributed by atoms with Crippen molar-refractivity contribution in [2.75, 3.05) is 0 Å². The zero-order valence-corrected chi connectivity index (χ0v) is 28.9. The largest absolute Gasteiger partial charge is 0.458 e. The van der Waals surface area contributed by atoms with E-state index in [1.807, 2.05) is 0 Å². The van der Waals surface area contributed by atoms with Gasteiger partial charge in [-0.3, -0.25) is 13.7 Å². The van der Waals surface area contributed by atoms with Gasteiger partial charge in [0.05, 0.1) is 73.2 Å². The molecule has 274 valence electrons. The van der Waals surface area contributed by atoms with Gasteiger partial charge >= 0.3 is 0 Å². The second kappa shape index (κ2) is 13.8. The lowest BCUT2D eigenvalue weighted by Gasteiger charge is -2.20. The molecule has 3 aromatic heterocycles. The minimum atomic E-state index is -3.55. The van der Waals surface area contributed by atoms with Crippen molar-refractivity contribution < 1.29 is 57.3 Å². The van der Waals surface area contributed by atoms with Crippen LogP contribution in [0.3, 0.4) is 0 Å². The highest BCUT2D eigenvalue weighted by Crippen LogP contribution is 2.37. The molecule has 3 heterocycles. The first-order chi connectivity index (χ1) is 42.4. The van der Waals surface area contributed by atoms with E-state index in [1.165, 1.54) is 0 Å². The van der Waals surface area contributed by atoms with Gasteiger partial charge in [-0.05, 0) is 81.6 Å². The van der Waals surface area contributed by atoms with Crippen molar-refractivity contribution in [3.63, 3.8) is 0 Å². The van der Waals surface area contributed by atoms with E-state index in [0.29, 0.717) is 16.1 Å². The molecule has 0 unspecified atom stereocenters. The standard InChI is InChI=1S/C52H40N4O/c1-52(2,3)38-30-31-53-50(32-38)56-46-25-11-10-22-44(46)45-29-28-41(34-49(45)56)57-40-21-14-20-39(33-40)54-35-55(48-27-13-12-26-47(48)54)51-42(36-16-6-4-7-17-36)23-15-24-43(51)37-18-8-5-9-19-37/h4-34H,1-3H3/i1D3,2D3,4D,5D,6D,7D,8D,9D,10D,11D,12D,13D,14D,15D,16D,17D,18D,19D,20D,21D,22D,23D,24D,25D,26D,27D,28D,29D,30D,31D,32D. The number of rotatable bonds is 7. The zero-order valence-electron chi connectivity index (χ0n) is 63.9. The third-order valence-electron chi connectivity index (χ3n) is 8.48. The van der Waals surface area contributed by atoms with Gasteiger partial charge in [-0.2, -0.15) is 0 Å².